The second-order valence-corrected chi connectivity index (χ2v) is 4.84. The zero-order chi connectivity index (χ0) is 13.0. The molecule has 0 aliphatic heterocycles. The first-order chi connectivity index (χ1) is 8.69. The average Bonchev–Trinajstić information content (AvgIpc) is 3.19. The first-order valence-electron chi connectivity index (χ1n) is 6.38. The predicted octanol–water partition coefficient (Wildman–Crippen LogP) is 1.36. The minimum Gasteiger partial charge on any atom is -0.483 e. The van der Waals surface area contributed by atoms with E-state index in [1.807, 2.05) is 25.1 Å². The Morgan fingerprint density at radius 3 is 2.94 bits per heavy atom. The van der Waals surface area contributed by atoms with Crippen molar-refractivity contribution in [2.75, 3.05) is 13.2 Å². The number of ether oxygens (including phenoxy) is 1. The lowest BCUT2D eigenvalue weighted by Gasteiger charge is -2.10. The molecular weight excluding hydrogens is 228 g/mol. The fourth-order valence-electron chi connectivity index (χ4n) is 1.70. The number of hydrogen-bond acceptors (Lipinski definition) is 3. The maximum Gasteiger partial charge on any atom is 0.257 e. The summed E-state index contributed by atoms with van der Waals surface area (Å²) in [5.41, 5.74) is 7.60. The van der Waals surface area contributed by atoms with Crippen LogP contribution in [0.1, 0.15) is 24.0 Å². The number of aryl methyl sites for hydroxylation is 1. The van der Waals surface area contributed by atoms with Crippen molar-refractivity contribution in [1.29, 1.82) is 0 Å². The molecule has 1 aliphatic carbocycles. The molecule has 0 spiro atoms. The molecule has 2 rings (SSSR count). The molecule has 0 bridgehead atoms. The minimum absolute atomic E-state index is 0.0561. The number of nitrogens with one attached hydrogen (secondary N) is 1. The first kappa shape index (κ1) is 12.9. The largest absolute Gasteiger partial charge is 0.483 e. The smallest absolute Gasteiger partial charge is 0.257 e. The zero-order valence-electron chi connectivity index (χ0n) is 10.7. The first-order valence-corrected chi connectivity index (χ1v) is 6.38. The lowest BCUT2D eigenvalue weighted by atomic mass is 10.1. The van der Waals surface area contributed by atoms with Crippen LogP contribution < -0.4 is 15.8 Å². The Kier molecular flexibility index (Phi) is 4.20. The third-order valence-electron chi connectivity index (χ3n) is 3.13. The second kappa shape index (κ2) is 5.87. The van der Waals surface area contributed by atoms with Crippen LogP contribution in [-0.2, 0) is 11.3 Å². The zero-order valence-corrected chi connectivity index (χ0v) is 10.7. The van der Waals surface area contributed by atoms with Crippen LogP contribution in [-0.4, -0.2) is 19.1 Å². The van der Waals surface area contributed by atoms with Crippen LogP contribution in [0.2, 0.25) is 0 Å². The van der Waals surface area contributed by atoms with E-state index in [0.717, 1.165) is 23.4 Å². The van der Waals surface area contributed by atoms with E-state index in [9.17, 15) is 4.79 Å². The number of nitrogens with two attached hydrogens (primary N) is 1. The molecule has 4 heteroatoms. The van der Waals surface area contributed by atoms with Gasteiger partial charge in [-0.25, -0.2) is 0 Å². The predicted molar refractivity (Wildman–Crippen MR) is 70.3 cm³/mol. The number of carbonyl (C=O) groups is 1. The summed E-state index contributed by atoms with van der Waals surface area (Å²) in [6, 6.07) is 5.82. The Hall–Kier alpha value is -1.55. The highest BCUT2D eigenvalue weighted by Crippen LogP contribution is 2.27. The highest BCUT2D eigenvalue weighted by Gasteiger charge is 2.21. The van der Waals surface area contributed by atoms with Crippen molar-refractivity contribution in [1.82, 2.24) is 5.32 Å². The van der Waals surface area contributed by atoms with Gasteiger partial charge in [0.25, 0.3) is 5.91 Å². The Balaban J connectivity index is 1.82. The van der Waals surface area contributed by atoms with Crippen LogP contribution in [0.4, 0.5) is 0 Å². The van der Waals surface area contributed by atoms with Gasteiger partial charge in [-0.1, -0.05) is 12.1 Å². The Labute approximate surface area is 108 Å². The fourth-order valence-corrected chi connectivity index (χ4v) is 1.70. The molecule has 1 saturated carbocycles. The molecule has 0 aromatic heterocycles. The van der Waals surface area contributed by atoms with Gasteiger partial charge in [-0.3, -0.25) is 4.79 Å². The molecule has 4 nitrogen and oxygen atoms in total. The third-order valence-corrected chi connectivity index (χ3v) is 3.13. The summed E-state index contributed by atoms with van der Waals surface area (Å²) >= 11 is 0. The molecule has 1 aromatic carbocycles. The molecular formula is C14H20N2O2. The standard InChI is InChI=1S/C14H20N2O2/c1-10-2-3-12(7-15)6-13(10)18-9-14(17)16-8-11-4-5-11/h2-3,6,11H,4-5,7-9,15H2,1H3,(H,16,17). The van der Waals surface area contributed by atoms with Gasteiger partial charge in [0.15, 0.2) is 6.61 Å². The van der Waals surface area contributed by atoms with Gasteiger partial charge in [0, 0.05) is 13.1 Å². The van der Waals surface area contributed by atoms with Crippen LogP contribution in [0.15, 0.2) is 18.2 Å². The molecule has 3 N–H and O–H groups in total. The molecule has 0 radical (unpaired) electrons. The lowest BCUT2D eigenvalue weighted by molar-refractivity contribution is -0.123. The van der Waals surface area contributed by atoms with Crippen LogP contribution in [0.25, 0.3) is 0 Å². The Bertz CT molecular complexity index is 428. The van der Waals surface area contributed by atoms with E-state index < -0.39 is 0 Å². The van der Waals surface area contributed by atoms with Crippen molar-refractivity contribution in [3.05, 3.63) is 29.3 Å². The Morgan fingerprint density at radius 1 is 1.50 bits per heavy atom. The van der Waals surface area contributed by atoms with Gasteiger partial charge >= 0.3 is 0 Å². The molecule has 0 unspecified atom stereocenters. The van der Waals surface area contributed by atoms with E-state index in [0.29, 0.717) is 12.5 Å². The van der Waals surface area contributed by atoms with Crippen LogP contribution in [0.3, 0.4) is 0 Å². The van der Waals surface area contributed by atoms with Gasteiger partial charge < -0.3 is 15.8 Å². The second-order valence-electron chi connectivity index (χ2n) is 4.84. The van der Waals surface area contributed by atoms with E-state index in [1.54, 1.807) is 0 Å². The molecule has 18 heavy (non-hydrogen) atoms. The maximum atomic E-state index is 11.6. The van der Waals surface area contributed by atoms with Gasteiger partial charge in [0.05, 0.1) is 0 Å². The number of benzene rings is 1. The normalized spacial score (nSPS) is 14.3. The fraction of sp³-hybridized carbons (Fsp3) is 0.500. The summed E-state index contributed by atoms with van der Waals surface area (Å²) in [4.78, 5) is 11.6. The van der Waals surface area contributed by atoms with Gasteiger partial charge in [0.1, 0.15) is 5.75 Å². The van der Waals surface area contributed by atoms with Crippen molar-refractivity contribution >= 4 is 5.91 Å². The van der Waals surface area contributed by atoms with Crippen molar-refractivity contribution in [3.8, 4) is 5.75 Å². The van der Waals surface area contributed by atoms with Gasteiger partial charge in [-0.2, -0.15) is 0 Å². The van der Waals surface area contributed by atoms with Crippen molar-refractivity contribution < 1.29 is 9.53 Å². The van der Waals surface area contributed by atoms with Crippen molar-refractivity contribution in [2.24, 2.45) is 11.7 Å². The van der Waals surface area contributed by atoms with Gasteiger partial charge in [-0.15, -0.1) is 0 Å². The van der Waals surface area contributed by atoms with Crippen LogP contribution in [0.5, 0.6) is 5.75 Å². The SMILES string of the molecule is Cc1ccc(CN)cc1OCC(=O)NCC1CC1. The average molecular weight is 248 g/mol. The monoisotopic (exact) mass is 248 g/mol. The number of carbonyl (C=O) groups excluding carboxylic acids is 1. The number of hydrogen-bond donors (Lipinski definition) is 2. The van der Waals surface area contributed by atoms with E-state index in [1.165, 1.54) is 12.8 Å². The molecule has 1 aromatic rings. The summed E-state index contributed by atoms with van der Waals surface area (Å²) < 4.78 is 5.53. The lowest BCUT2D eigenvalue weighted by Crippen LogP contribution is -2.30. The maximum absolute atomic E-state index is 11.6. The van der Waals surface area contributed by atoms with E-state index in [-0.39, 0.29) is 12.5 Å². The quantitative estimate of drug-likeness (QED) is 0.799. The molecule has 98 valence electrons. The Morgan fingerprint density at radius 2 is 2.28 bits per heavy atom. The summed E-state index contributed by atoms with van der Waals surface area (Å²) in [6.07, 6.45) is 2.47. The van der Waals surface area contributed by atoms with E-state index >= 15 is 0 Å². The number of rotatable bonds is 6. The molecule has 0 atom stereocenters. The van der Waals surface area contributed by atoms with Crippen LogP contribution >= 0.6 is 0 Å². The topological polar surface area (TPSA) is 64.3 Å². The van der Waals surface area contributed by atoms with E-state index in [4.69, 9.17) is 10.5 Å². The van der Waals surface area contributed by atoms with Crippen LogP contribution in [0, 0.1) is 12.8 Å². The highest BCUT2D eigenvalue weighted by atomic mass is 16.5. The van der Waals surface area contributed by atoms with Gasteiger partial charge in [0.2, 0.25) is 0 Å². The third kappa shape index (κ3) is 3.74. The highest BCUT2D eigenvalue weighted by molar-refractivity contribution is 5.77. The molecule has 1 aliphatic rings. The van der Waals surface area contributed by atoms with Crippen molar-refractivity contribution in [2.45, 2.75) is 26.3 Å². The summed E-state index contributed by atoms with van der Waals surface area (Å²) in [7, 11) is 0. The minimum atomic E-state index is -0.0561. The molecule has 1 fully saturated rings. The summed E-state index contributed by atoms with van der Waals surface area (Å²) in [6.45, 7) is 3.29. The van der Waals surface area contributed by atoms with Crippen molar-refractivity contribution in [3.63, 3.8) is 0 Å². The summed E-state index contributed by atoms with van der Waals surface area (Å²) in [5, 5.41) is 2.87. The van der Waals surface area contributed by atoms with Gasteiger partial charge in [-0.05, 0) is 42.9 Å². The molecule has 1 amide bonds. The molecule has 0 heterocycles. The summed E-state index contributed by atoms with van der Waals surface area (Å²) in [5.74, 6) is 1.37. The number of amides is 1. The van der Waals surface area contributed by atoms with E-state index in [2.05, 4.69) is 5.32 Å². The molecule has 0 saturated heterocycles.